The zero-order chi connectivity index (χ0) is 13.5. The Morgan fingerprint density at radius 3 is 2.89 bits per heavy atom. The van der Waals surface area contributed by atoms with Crippen LogP contribution in [-0.2, 0) is 11.2 Å². The monoisotopic (exact) mass is 315 g/mol. The third kappa shape index (κ3) is 4.66. The van der Waals surface area contributed by atoms with Crippen LogP contribution in [0.4, 0.5) is 0 Å². The third-order valence-corrected chi connectivity index (χ3v) is 3.05. The zero-order valence-corrected chi connectivity index (χ0v) is 12.2. The van der Waals surface area contributed by atoms with E-state index in [9.17, 15) is 4.79 Å². The van der Waals surface area contributed by atoms with Gasteiger partial charge in [0, 0.05) is 23.2 Å². The van der Waals surface area contributed by atoms with Gasteiger partial charge in [0.1, 0.15) is 5.75 Å². The first kappa shape index (κ1) is 15.0. The fourth-order valence-corrected chi connectivity index (χ4v) is 1.88. The summed E-state index contributed by atoms with van der Waals surface area (Å²) in [5.74, 6) is 0.689. The SMILES string of the molecule is COc1ccc(Br)cc1CC(=O)NCC(C)CO. The minimum atomic E-state index is -0.0771. The lowest BCUT2D eigenvalue weighted by atomic mass is 10.1. The Balaban J connectivity index is 2.61. The molecule has 18 heavy (non-hydrogen) atoms. The normalized spacial score (nSPS) is 12.0. The third-order valence-electron chi connectivity index (χ3n) is 2.55. The predicted octanol–water partition coefficient (Wildman–Crippen LogP) is 1.74. The van der Waals surface area contributed by atoms with Gasteiger partial charge in [-0.3, -0.25) is 4.79 Å². The van der Waals surface area contributed by atoms with E-state index in [0.29, 0.717) is 12.3 Å². The molecule has 5 heteroatoms. The van der Waals surface area contributed by atoms with Gasteiger partial charge in [0.15, 0.2) is 0 Å². The van der Waals surface area contributed by atoms with Crippen molar-refractivity contribution < 1.29 is 14.6 Å². The van der Waals surface area contributed by atoms with Gasteiger partial charge in [-0.25, -0.2) is 0 Å². The summed E-state index contributed by atoms with van der Waals surface area (Å²) < 4.78 is 6.12. The van der Waals surface area contributed by atoms with Gasteiger partial charge < -0.3 is 15.2 Å². The molecule has 0 radical (unpaired) electrons. The number of hydrogen-bond acceptors (Lipinski definition) is 3. The number of aliphatic hydroxyl groups is 1. The lowest BCUT2D eigenvalue weighted by Crippen LogP contribution is -2.30. The first-order valence-corrected chi connectivity index (χ1v) is 6.56. The number of benzene rings is 1. The van der Waals surface area contributed by atoms with Crippen LogP contribution in [0.5, 0.6) is 5.75 Å². The van der Waals surface area contributed by atoms with Gasteiger partial charge in [-0.2, -0.15) is 0 Å². The summed E-state index contributed by atoms with van der Waals surface area (Å²) in [5.41, 5.74) is 0.834. The average Bonchev–Trinajstić information content (AvgIpc) is 2.36. The Bertz CT molecular complexity index is 409. The van der Waals surface area contributed by atoms with Crippen molar-refractivity contribution >= 4 is 21.8 Å². The predicted molar refractivity (Wildman–Crippen MR) is 73.7 cm³/mol. The van der Waals surface area contributed by atoms with Crippen molar-refractivity contribution in [3.63, 3.8) is 0 Å². The lowest BCUT2D eigenvalue weighted by molar-refractivity contribution is -0.120. The molecule has 0 heterocycles. The van der Waals surface area contributed by atoms with Crippen LogP contribution < -0.4 is 10.1 Å². The minimum Gasteiger partial charge on any atom is -0.496 e. The van der Waals surface area contributed by atoms with Crippen molar-refractivity contribution in [2.24, 2.45) is 5.92 Å². The number of aliphatic hydroxyl groups excluding tert-OH is 1. The number of ether oxygens (including phenoxy) is 1. The van der Waals surface area contributed by atoms with Crippen LogP contribution in [0.25, 0.3) is 0 Å². The van der Waals surface area contributed by atoms with Gasteiger partial charge in [-0.05, 0) is 24.1 Å². The maximum atomic E-state index is 11.7. The zero-order valence-electron chi connectivity index (χ0n) is 10.6. The summed E-state index contributed by atoms with van der Waals surface area (Å²) in [6.07, 6.45) is 0.265. The number of nitrogens with one attached hydrogen (secondary N) is 1. The second-order valence-electron chi connectivity index (χ2n) is 4.22. The molecule has 0 aliphatic rings. The summed E-state index contributed by atoms with van der Waals surface area (Å²) in [7, 11) is 1.58. The molecule has 1 amide bonds. The second kappa shape index (κ2) is 7.38. The van der Waals surface area contributed by atoms with Gasteiger partial charge >= 0.3 is 0 Å². The van der Waals surface area contributed by atoms with Gasteiger partial charge in [-0.15, -0.1) is 0 Å². The molecule has 1 atom stereocenters. The van der Waals surface area contributed by atoms with E-state index in [2.05, 4.69) is 21.2 Å². The molecule has 1 unspecified atom stereocenters. The lowest BCUT2D eigenvalue weighted by Gasteiger charge is -2.11. The quantitative estimate of drug-likeness (QED) is 0.840. The van der Waals surface area contributed by atoms with Gasteiger partial charge in [0.2, 0.25) is 5.91 Å². The molecule has 0 aromatic heterocycles. The van der Waals surface area contributed by atoms with Crippen LogP contribution in [0, 0.1) is 5.92 Å². The van der Waals surface area contributed by atoms with E-state index in [0.717, 1.165) is 10.0 Å². The molecule has 1 aromatic carbocycles. The van der Waals surface area contributed by atoms with Crippen LogP contribution >= 0.6 is 15.9 Å². The summed E-state index contributed by atoms with van der Waals surface area (Å²) in [4.78, 5) is 11.7. The number of halogens is 1. The topological polar surface area (TPSA) is 58.6 Å². The molecule has 100 valence electrons. The van der Waals surface area contributed by atoms with Gasteiger partial charge in [0.25, 0.3) is 0 Å². The van der Waals surface area contributed by atoms with Crippen LogP contribution in [0.1, 0.15) is 12.5 Å². The molecule has 0 fully saturated rings. The van der Waals surface area contributed by atoms with Crippen molar-refractivity contribution in [2.45, 2.75) is 13.3 Å². The van der Waals surface area contributed by atoms with Crippen molar-refractivity contribution in [2.75, 3.05) is 20.3 Å². The number of carbonyl (C=O) groups excluding carboxylic acids is 1. The Morgan fingerprint density at radius 2 is 2.28 bits per heavy atom. The van der Waals surface area contributed by atoms with Crippen molar-refractivity contribution in [3.05, 3.63) is 28.2 Å². The van der Waals surface area contributed by atoms with E-state index in [-0.39, 0.29) is 24.9 Å². The molecular formula is C13H18BrNO3. The average molecular weight is 316 g/mol. The van der Waals surface area contributed by atoms with Crippen molar-refractivity contribution in [1.29, 1.82) is 0 Å². The molecule has 0 aliphatic heterocycles. The maximum absolute atomic E-state index is 11.7. The highest BCUT2D eigenvalue weighted by molar-refractivity contribution is 9.10. The van der Waals surface area contributed by atoms with Gasteiger partial charge in [-0.1, -0.05) is 22.9 Å². The fourth-order valence-electron chi connectivity index (χ4n) is 1.47. The fraction of sp³-hybridized carbons (Fsp3) is 0.462. The van der Waals surface area contributed by atoms with Crippen molar-refractivity contribution in [3.8, 4) is 5.75 Å². The summed E-state index contributed by atoms with van der Waals surface area (Å²) in [6.45, 7) is 2.42. The molecular weight excluding hydrogens is 298 g/mol. The smallest absolute Gasteiger partial charge is 0.224 e. The van der Waals surface area contributed by atoms with E-state index < -0.39 is 0 Å². The number of hydrogen-bond donors (Lipinski definition) is 2. The molecule has 0 saturated heterocycles. The van der Waals surface area contributed by atoms with E-state index >= 15 is 0 Å². The van der Waals surface area contributed by atoms with E-state index in [1.54, 1.807) is 7.11 Å². The highest BCUT2D eigenvalue weighted by Crippen LogP contribution is 2.23. The maximum Gasteiger partial charge on any atom is 0.224 e. The molecule has 1 rings (SSSR count). The highest BCUT2D eigenvalue weighted by Gasteiger charge is 2.10. The van der Waals surface area contributed by atoms with Gasteiger partial charge in [0.05, 0.1) is 13.5 Å². The molecule has 2 N–H and O–H groups in total. The summed E-state index contributed by atoms with van der Waals surface area (Å²) >= 11 is 3.37. The van der Waals surface area contributed by atoms with Crippen LogP contribution in [-0.4, -0.2) is 31.3 Å². The largest absolute Gasteiger partial charge is 0.496 e. The Kier molecular flexibility index (Phi) is 6.15. The Morgan fingerprint density at radius 1 is 1.56 bits per heavy atom. The molecule has 1 aromatic rings. The number of amides is 1. The van der Waals surface area contributed by atoms with Crippen LogP contribution in [0.15, 0.2) is 22.7 Å². The Labute approximate surface area is 115 Å². The first-order chi connectivity index (χ1) is 8.56. The van der Waals surface area contributed by atoms with Crippen molar-refractivity contribution in [1.82, 2.24) is 5.32 Å². The number of carbonyl (C=O) groups is 1. The second-order valence-corrected chi connectivity index (χ2v) is 5.14. The number of methoxy groups -OCH3 is 1. The Hall–Kier alpha value is -1.07. The first-order valence-electron chi connectivity index (χ1n) is 5.76. The minimum absolute atomic E-state index is 0.0679. The van der Waals surface area contributed by atoms with E-state index in [1.165, 1.54) is 0 Å². The number of rotatable bonds is 6. The highest BCUT2D eigenvalue weighted by atomic mass is 79.9. The van der Waals surface area contributed by atoms with Crippen LogP contribution in [0.2, 0.25) is 0 Å². The molecule has 0 saturated carbocycles. The summed E-state index contributed by atoms with van der Waals surface area (Å²) in [5, 5.41) is 11.7. The van der Waals surface area contributed by atoms with E-state index in [1.807, 2.05) is 25.1 Å². The molecule has 0 bridgehead atoms. The molecule has 0 aliphatic carbocycles. The standard InChI is InChI=1S/C13H18BrNO3/c1-9(8-16)7-15-13(17)6-10-5-11(14)3-4-12(10)18-2/h3-5,9,16H,6-8H2,1-2H3,(H,15,17). The molecule has 4 nitrogen and oxygen atoms in total. The van der Waals surface area contributed by atoms with Crippen LogP contribution in [0.3, 0.4) is 0 Å². The molecule has 0 spiro atoms. The summed E-state index contributed by atoms with van der Waals surface area (Å²) in [6, 6.07) is 5.56. The van der Waals surface area contributed by atoms with E-state index in [4.69, 9.17) is 9.84 Å².